The van der Waals surface area contributed by atoms with E-state index < -0.39 is 0 Å². The Morgan fingerprint density at radius 1 is 1.11 bits per heavy atom. The van der Waals surface area contributed by atoms with Crippen LogP contribution in [0, 0.1) is 12.8 Å². The number of hydrogen-bond donors (Lipinski definition) is 1. The molecule has 1 aliphatic carbocycles. The minimum atomic E-state index is 0.755. The van der Waals surface area contributed by atoms with Crippen molar-refractivity contribution < 1.29 is 0 Å². The van der Waals surface area contributed by atoms with Crippen LogP contribution in [0.1, 0.15) is 31.2 Å². The van der Waals surface area contributed by atoms with Crippen LogP contribution in [-0.2, 0) is 0 Å². The minimum absolute atomic E-state index is 0.755. The van der Waals surface area contributed by atoms with Crippen LogP contribution >= 0.6 is 0 Å². The highest BCUT2D eigenvalue weighted by molar-refractivity contribution is 5.46. The first-order valence-electron chi connectivity index (χ1n) is 7.14. The van der Waals surface area contributed by atoms with E-state index in [9.17, 15) is 0 Å². The van der Waals surface area contributed by atoms with Gasteiger partial charge in [0.1, 0.15) is 0 Å². The Balaban J connectivity index is 1.84. The van der Waals surface area contributed by atoms with Gasteiger partial charge in [0.2, 0.25) is 0 Å². The van der Waals surface area contributed by atoms with Crippen molar-refractivity contribution in [3.8, 4) is 0 Å². The van der Waals surface area contributed by atoms with E-state index in [2.05, 4.69) is 55.5 Å². The molecule has 100 valence electrons. The van der Waals surface area contributed by atoms with E-state index in [1.165, 1.54) is 43.5 Å². The first-order chi connectivity index (χ1) is 8.69. The van der Waals surface area contributed by atoms with Gasteiger partial charge in [-0.15, -0.1) is 0 Å². The van der Waals surface area contributed by atoms with Crippen molar-refractivity contribution in [2.24, 2.45) is 5.92 Å². The lowest BCUT2D eigenvalue weighted by Crippen LogP contribution is -2.34. The first-order valence-corrected chi connectivity index (χ1v) is 7.14. The van der Waals surface area contributed by atoms with E-state index in [-0.39, 0.29) is 0 Å². The molecule has 1 saturated carbocycles. The number of aryl methyl sites for hydroxylation is 1. The second-order valence-corrected chi connectivity index (χ2v) is 5.72. The van der Waals surface area contributed by atoms with Crippen molar-refractivity contribution in [3.63, 3.8) is 0 Å². The molecule has 1 aromatic carbocycles. The summed E-state index contributed by atoms with van der Waals surface area (Å²) in [6.07, 6.45) is 5.40. The van der Waals surface area contributed by atoms with Gasteiger partial charge in [-0.3, -0.25) is 0 Å². The van der Waals surface area contributed by atoms with Gasteiger partial charge in [0, 0.05) is 25.3 Å². The van der Waals surface area contributed by atoms with Crippen LogP contribution < -0.4 is 10.2 Å². The summed E-state index contributed by atoms with van der Waals surface area (Å²) in [5, 5.41) is 3.40. The summed E-state index contributed by atoms with van der Waals surface area (Å²) < 4.78 is 0. The SMILES string of the molecule is CNC1CCC(CN(C)c2ccc(C)cc2)CC1. The summed E-state index contributed by atoms with van der Waals surface area (Å²) in [4.78, 5) is 2.41. The molecular weight excluding hydrogens is 220 g/mol. The molecule has 0 aliphatic heterocycles. The smallest absolute Gasteiger partial charge is 0.0363 e. The van der Waals surface area contributed by atoms with Gasteiger partial charge in [-0.05, 0) is 57.7 Å². The summed E-state index contributed by atoms with van der Waals surface area (Å²) in [5.41, 5.74) is 2.68. The van der Waals surface area contributed by atoms with Gasteiger partial charge in [0.05, 0.1) is 0 Å². The Morgan fingerprint density at radius 2 is 1.72 bits per heavy atom. The fourth-order valence-corrected chi connectivity index (χ4v) is 2.93. The number of anilines is 1. The van der Waals surface area contributed by atoms with Crippen LogP contribution in [-0.4, -0.2) is 26.7 Å². The van der Waals surface area contributed by atoms with Crippen LogP contribution in [0.4, 0.5) is 5.69 Å². The van der Waals surface area contributed by atoms with Gasteiger partial charge in [-0.25, -0.2) is 0 Å². The molecule has 0 amide bonds. The second-order valence-electron chi connectivity index (χ2n) is 5.72. The first kappa shape index (κ1) is 13.4. The zero-order valence-electron chi connectivity index (χ0n) is 11.9. The van der Waals surface area contributed by atoms with Gasteiger partial charge >= 0.3 is 0 Å². The van der Waals surface area contributed by atoms with E-state index in [0.717, 1.165) is 12.0 Å². The predicted octanol–water partition coefficient (Wildman–Crippen LogP) is 3.21. The molecular formula is C16H26N2. The van der Waals surface area contributed by atoms with Crippen molar-refractivity contribution >= 4 is 5.69 Å². The largest absolute Gasteiger partial charge is 0.374 e. The molecule has 18 heavy (non-hydrogen) atoms. The Labute approximate surface area is 111 Å². The number of nitrogens with one attached hydrogen (secondary N) is 1. The monoisotopic (exact) mass is 246 g/mol. The highest BCUT2D eigenvalue weighted by Crippen LogP contribution is 2.26. The number of hydrogen-bond acceptors (Lipinski definition) is 2. The lowest BCUT2D eigenvalue weighted by molar-refractivity contribution is 0.305. The highest BCUT2D eigenvalue weighted by Gasteiger charge is 2.20. The maximum atomic E-state index is 3.40. The Kier molecular flexibility index (Phi) is 4.65. The Morgan fingerprint density at radius 3 is 2.28 bits per heavy atom. The molecule has 0 spiro atoms. The fourth-order valence-electron chi connectivity index (χ4n) is 2.93. The average Bonchev–Trinajstić information content (AvgIpc) is 2.40. The molecule has 1 aliphatic rings. The molecule has 0 bridgehead atoms. The molecule has 0 unspecified atom stereocenters. The van der Waals surface area contributed by atoms with E-state index in [4.69, 9.17) is 0 Å². The van der Waals surface area contributed by atoms with E-state index in [1.54, 1.807) is 0 Å². The van der Waals surface area contributed by atoms with Gasteiger partial charge in [0.15, 0.2) is 0 Å². The summed E-state index contributed by atoms with van der Waals surface area (Å²) in [5.74, 6) is 0.862. The second kappa shape index (κ2) is 6.24. The van der Waals surface area contributed by atoms with Crippen molar-refractivity contribution in [2.45, 2.75) is 38.6 Å². The third-order valence-corrected chi connectivity index (χ3v) is 4.26. The van der Waals surface area contributed by atoms with Gasteiger partial charge in [0.25, 0.3) is 0 Å². The molecule has 0 radical (unpaired) electrons. The van der Waals surface area contributed by atoms with Crippen molar-refractivity contribution in [1.29, 1.82) is 0 Å². The molecule has 2 rings (SSSR count). The number of benzene rings is 1. The standard InChI is InChI=1S/C16H26N2/c1-13-4-10-16(11-5-13)18(3)12-14-6-8-15(17-2)9-7-14/h4-5,10-11,14-15,17H,6-9,12H2,1-3H3. The molecule has 0 atom stereocenters. The molecule has 1 fully saturated rings. The summed E-state index contributed by atoms with van der Waals surface area (Å²) in [6.45, 7) is 3.34. The maximum absolute atomic E-state index is 3.40. The zero-order chi connectivity index (χ0) is 13.0. The molecule has 1 aromatic rings. The van der Waals surface area contributed by atoms with Crippen molar-refractivity contribution in [3.05, 3.63) is 29.8 Å². The van der Waals surface area contributed by atoms with Crippen LogP contribution in [0.25, 0.3) is 0 Å². The van der Waals surface area contributed by atoms with E-state index in [0.29, 0.717) is 0 Å². The average molecular weight is 246 g/mol. The van der Waals surface area contributed by atoms with Gasteiger partial charge in [-0.2, -0.15) is 0 Å². The number of rotatable bonds is 4. The van der Waals surface area contributed by atoms with E-state index in [1.807, 2.05) is 0 Å². The molecule has 0 aromatic heterocycles. The fraction of sp³-hybridized carbons (Fsp3) is 0.625. The summed E-state index contributed by atoms with van der Waals surface area (Å²) in [7, 11) is 4.30. The molecule has 2 heteroatoms. The quantitative estimate of drug-likeness (QED) is 0.877. The van der Waals surface area contributed by atoms with Crippen molar-refractivity contribution in [2.75, 3.05) is 25.5 Å². The van der Waals surface area contributed by atoms with Crippen LogP contribution in [0.2, 0.25) is 0 Å². The highest BCUT2D eigenvalue weighted by atomic mass is 15.1. The Hall–Kier alpha value is -1.02. The maximum Gasteiger partial charge on any atom is 0.0363 e. The summed E-state index contributed by atoms with van der Waals surface area (Å²) in [6, 6.07) is 9.61. The van der Waals surface area contributed by atoms with Crippen LogP contribution in [0.3, 0.4) is 0 Å². The molecule has 2 nitrogen and oxygen atoms in total. The normalized spacial score (nSPS) is 23.9. The number of nitrogens with zero attached hydrogens (tertiary/aromatic N) is 1. The molecule has 1 N–H and O–H groups in total. The van der Waals surface area contributed by atoms with Crippen LogP contribution in [0.15, 0.2) is 24.3 Å². The zero-order valence-corrected chi connectivity index (χ0v) is 11.9. The summed E-state index contributed by atoms with van der Waals surface area (Å²) >= 11 is 0. The minimum Gasteiger partial charge on any atom is -0.374 e. The Bertz CT molecular complexity index is 350. The predicted molar refractivity (Wildman–Crippen MR) is 79.3 cm³/mol. The molecule has 0 heterocycles. The third-order valence-electron chi connectivity index (χ3n) is 4.26. The van der Waals surface area contributed by atoms with Gasteiger partial charge in [-0.1, -0.05) is 17.7 Å². The molecule has 0 saturated heterocycles. The third kappa shape index (κ3) is 3.49. The van der Waals surface area contributed by atoms with Gasteiger partial charge < -0.3 is 10.2 Å². The lowest BCUT2D eigenvalue weighted by atomic mass is 9.86. The van der Waals surface area contributed by atoms with E-state index >= 15 is 0 Å². The van der Waals surface area contributed by atoms with Crippen molar-refractivity contribution in [1.82, 2.24) is 5.32 Å². The van der Waals surface area contributed by atoms with Crippen LogP contribution in [0.5, 0.6) is 0 Å². The topological polar surface area (TPSA) is 15.3 Å². The lowest BCUT2D eigenvalue weighted by Gasteiger charge is -2.32.